The van der Waals surface area contributed by atoms with Gasteiger partial charge in [0.15, 0.2) is 6.61 Å². The fourth-order valence-electron chi connectivity index (χ4n) is 2.82. The number of esters is 1. The van der Waals surface area contributed by atoms with Crippen LogP contribution in [0.25, 0.3) is 11.0 Å². The predicted molar refractivity (Wildman–Crippen MR) is 107 cm³/mol. The Labute approximate surface area is 167 Å². The Hall–Kier alpha value is -3.75. The highest BCUT2D eigenvalue weighted by Crippen LogP contribution is 2.16. The highest BCUT2D eigenvalue weighted by molar-refractivity contribution is 6.02. The van der Waals surface area contributed by atoms with Gasteiger partial charge in [0, 0.05) is 12.2 Å². The molecule has 0 saturated carbocycles. The van der Waals surface area contributed by atoms with Crippen LogP contribution in [0.3, 0.4) is 0 Å². The molecule has 2 aromatic carbocycles. The molecular weight excluding hydrogens is 374 g/mol. The molecule has 9 nitrogen and oxygen atoms in total. The van der Waals surface area contributed by atoms with Crippen LogP contribution < -0.4 is 10.6 Å². The summed E-state index contributed by atoms with van der Waals surface area (Å²) >= 11 is 0. The Morgan fingerprint density at radius 1 is 1.10 bits per heavy atom. The number of aryl methyl sites for hydroxylation is 3. The van der Waals surface area contributed by atoms with Crippen molar-refractivity contribution in [3.05, 3.63) is 53.1 Å². The molecule has 0 aliphatic carbocycles. The Balaban J connectivity index is 1.53. The van der Waals surface area contributed by atoms with Gasteiger partial charge in [0.25, 0.3) is 5.91 Å². The quantitative estimate of drug-likeness (QED) is 0.642. The van der Waals surface area contributed by atoms with Gasteiger partial charge in [-0.2, -0.15) is 0 Å². The summed E-state index contributed by atoms with van der Waals surface area (Å²) in [4.78, 5) is 36.0. The molecule has 150 valence electrons. The molecule has 0 spiro atoms. The summed E-state index contributed by atoms with van der Waals surface area (Å²) in [6, 6.07) is 9.65. The van der Waals surface area contributed by atoms with E-state index in [0.29, 0.717) is 17.7 Å². The largest absolute Gasteiger partial charge is 0.452 e. The number of carbonyl (C=O) groups excluding carboxylic acids is 3. The smallest absolute Gasteiger partial charge is 0.338 e. The first-order valence-corrected chi connectivity index (χ1v) is 9.06. The fraction of sp³-hybridized carbons (Fsp3) is 0.250. The molecule has 0 atom stereocenters. The van der Waals surface area contributed by atoms with Gasteiger partial charge in [-0.05, 0) is 50.6 Å². The molecule has 3 amide bonds. The molecule has 9 heteroatoms. The van der Waals surface area contributed by atoms with Crippen LogP contribution in [0.4, 0.5) is 10.5 Å². The molecule has 3 aromatic rings. The molecule has 0 bridgehead atoms. The van der Waals surface area contributed by atoms with E-state index in [1.54, 1.807) is 28.9 Å². The zero-order chi connectivity index (χ0) is 21.0. The first-order chi connectivity index (χ1) is 13.9. The SMILES string of the molecule is CCn1nnc2cc(C(=O)OCC(=O)NC(=O)Nc3ccc(C)cc3C)ccc21. The van der Waals surface area contributed by atoms with Crippen molar-refractivity contribution in [3.8, 4) is 0 Å². The van der Waals surface area contributed by atoms with Crippen molar-refractivity contribution < 1.29 is 19.1 Å². The average molecular weight is 395 g/mol. The highest BCUT2D eigenvalue weighted by Gasteiger charge is 2.15. The van der Waals surface area contributed by atoms with Gasteiger partial charge in [-0.25, -0.2) is 14.3 Å². The van der Waals surface area contributed by atoms with Gasteiger partial charge in [-0.1, -0.05) is 22.9 Å². The van der Waals surface area contributed by atoms with E-state index in [9.17, 15) is 14.4 Å². The van der Waals surface area contributed by atoms with Crippen molar-refractivity contribution in [1.29, 1.82) is 0 Å². The summed E-state index contributed by atoms with van der Waals surface area (Å²) in [5.74, 6) is -1.43. The fourth-order valence-corrected chi connectivity index (χ4v) is 2.82. The normalized spacial score (nSPS) is 10.6. The second-order valence-corrected chi connectivity index (χ2v) is 6.51. The van der Waals surface area contributed by atoms with Crippen LogP contribution in [0, 0.1) is 13.8 Å². The van der Waals surface area contributed by atoms with Crippen molar-refractivity contribution in [2.24, 2.45) is 0 Å². The van der Waals surface area contributed by atoms with Crippen LogP contribution in [0.1, 0.15) is 28.4 Å². The standard InChI is InChI=1S/C20H21N5O4/c1-4-25-17-8-6-14(10-16(17)23-24-25)19(27)29-11-18(26)22-20(28)21-15-7-5-12(2)9-13(15)3/h5-10H,4,11H2,1-3H3,(H2,21,22,26,28). The van der Waals surface area contributed by atoms with Crippen molar-refractivity contribution in [1.82, 2.24) is 20.3 Å². The van der Waals surface area contributed by atoms with E-state index < -0.39 is 24.5 Å². The first-order valence-electron chi connectivity index (χ1n) is 9.06. The summed E-state index contributed by atoms with van der Waals surface area (Å²) in [6.45, 7) is 5.80. The van der Waals surface area contributed by atoms with Crippen LogP contribution >= 0.6 is 0 Å². The maximum absolute atomic E-state index is 12.2. The second kappa shape index (κ2) is 8.51. The minimum absolute atomic E-state index is 0.244. The number of imide groups is 1. The van der Waals surface area contributed by atoms with Gasteiger partial charge in [0.05, 0.1) is 11.1 Å². The minimum Gasteiger partial charge on any atom is -0.452 e. The summed E-state index contributed by atoms with van der Waals surface area (Å²) in [7, 11) is 0. The van der Waals surface area contributed by atoms with Gasteiger partial charge >= 0.3 is 12.0 Å². The molecule has 0 unspecified atom stereocenters. The number of benzene rings is 2. The summed E-state index contributed by atoms with van der Waals surface area (Å²) in [5, 5.41) is 12.7. The minimum atomic E-state index is -0.737. The number of nitrogens with one attached hydrogen (secondary N) is 2. The lowest BCUT2D eigenvalue weighted by molar-refractivity contribution is -0.123. The highest BCUT2D eigenvalue weighted by atomic mass is 16.5. The van der Waals surface area contributed by atoms with Gasteiger partial charge in [-0.15, -0.1) is 5.10 Å². The van der Waals surface area contributed by atoms with E-state index in [0.717, 1.165) is 16.6 Å². The third-order valence-corrected chi connectivity index (χ3v) is 4.27. The lowest BCUT2D eigenvalue weighted by Gasteiger charge is -2.10. The van der Waals surface area contributed by atoms with E-state index in [2.05, 4.69) is 20.9 Å². The Bertz CT molecular complexity index is 1090. The number of hydrogen-bond acceptors (Lipinski definition) is 6. The van der Waals surface area contributed by atoms with Crippen LogP contribution in [0.15, 0.2) is 36.4 Å². The number of fused-ring (bicyclic) bond motifs is 1. The van der Waals surface area contributed by atoms with Crippen LogP contribution in [-0.4, -0.2) is 39.5 Å². The Morgan fingerprint density at radius 2 is 1.90 bits per heavy atom. The molecule has 1 heterocycles. The maximum atomic E-state index is 12.2. The molecule has 2 N–H and O–H groups in total. The third kappa shape index (κ3) is 4.75. The van der Waals surface area contributed by atoms with Gasteiger partial charge in [-0.3, -0.25) is 10.1 Å². The van der Waals surface area contributed by atoms with E-state index in [4.69, 9.17) is 4.74 Å². The summed E-state index contributed by atoms with van der Waals surface area (Å²) in [5.41, 5.74) is 4.12. The number of anilines is 1. The number of amides is 3. The van der Waals surface area contributed by atoms with Gasteiger partial charge in [0.2, 0.25) is 0 Å². The van der Waals surface area contributed by atoms with E-state index in [1.807, 2.05) is 32.9 Å². The molecule has 0 fully saturated rings. The van der Waals surface area contributed by atoms with Crippen LogP contribution in [0.5, 0.6) is 0 Å². The number of rotatable bonds is 5. The molecule has 29 heavy (non-hydrogen) atoms. The summed E-state index contributed by atoms with van der Waals surface area (Å²) in [6.07, 6.45) is 0. The molecule has 0 aliphatic rings. The second-order valence-electron chi connectivity index (χ2n) is 6.51. The monoisotopic (exact) mass is 395 g/mol. The van der Waals surface area contributed by atoms with Gasteiger partial charge < -0.3 is 10.1 Å². The van der Waals surface area contributed by atoms with Gasteiger partial charge in [0.1, 0.15) is 5.52 Å². The van der Waals surface area contributed by atoms with Crippen molar-refractivity contribution >= 4 is 34.6 Å². The summed E-state index contributed by atoms with van der Waals surface area (Å²) < 4.78 is 6.68. The number of ether oxygens (including phenoxy) is 1. The van der Waals surface area contributed by atoms with Crippen molar-refractivity contribution in [3.63, 3.8) is 0 Å². The molecule has 0 aliphatic heterocycles. The average Bonchev–Trinajstić information content (AvgIpc) is 3.10. The number of aromatic nitrogens is 3. The third-order valence-electron chi connectivity index (χ3n) is 4.27. The topological polar surface area (TPSA) is 115 Å². The van der Waals surface area contributed by atoms with Crippen molar-refractivity contribution in [2.75, 3.05) is 11.9 Å². The molecule has 1 aromatic heterocycles. The predicted octanol–water partition coefficient (Wildman–Crippen LogP) is 2.57. The zero-order valence-electron chi connectivity index (χ0n) is 16.4. The van der Waals surface area contributed by atoms with Crippen molar-refractivity contribution in [2.45, 2.75) is 27.3 Å². The lowest BCUT2D eigenvalue weighted by atomic mass is 10.1. The zero-order valence-corrected chi connectivity index (χ0v) is 16.4. The van der Waals surface area contributed by atoms with Crippen LogP contribution in [-0.2, 0) is 16.1 Å². The van der Waals surface area contributed by atoms with E-state index in [1.165, 1.54) is 0 Å². The lowest BCUT2D eigenvalue weighted by Crippen LogP contribution is -2.37. The Morgan fingerprint density at radius 3 is 2.62 bits per heavy atom. The first kappa shape index (κ1) is 20.0. The number of urea groups is 1. The van der Waals surface area contributed by atoms with E-state index >= 15 is 0 Å². The number of nitrogens with zero attached hydrogens (tertiary/aromatic N) is 3. The number of hydrogen-bond donors (Lipinski definition) is 2. The molecular formula is C20H21N5O4. The Kier molecular flexibility index (Phi) is 5.87. The number of carbonyl (C=O) groups is 3. The molecule has 3 rings (SSSR count). The van der Waals surface area contributed by atoms with Crippen LogP contribution in [0.2, 0.25) is 0 Å². The van der Waals surface area contributed by atoms with E-state index in [-0.39, 0.29) is 5.56 Å². The molecule has 0 saturated heterocycles. The molecule has 0 radical (unpaired) electrons. The maximum Gasteiger partial charge on any atom is 0.338 e.